The van der Waals surface area contributed by atoms with Crippen LogP contribution in [0.1, 0.15) is 18.4 Å². The minimum absolute atomic E-state index is 0.0387. The van der Waals surface area contributed by atoms with Gasteiger partial charge in [0.25, 0.3) is 0 Å². The predicted octanol–water partition coefficient (Wildman–Crippen LogP) is 1.28. The molecule has 4 heteroatoms. The zero-order valence-corrected chi connectivity index (χ0v) is 10.5. The van der Waals surface area contributed by atoms with Crippen molar-refractivity contribution in [2.75, 3.05) is 19.6 Å². The van der Waals surface area contributed by atoms with Gasteiger partial charge in [0, 0.05) is 19.1 Å². The van der Waals surface area contributed by atoms with E-state index in [-0.39, 0.29) is 11.5 Å². The first-order chi connectivity index (χ1) is 8.72. The summed E-state index contributed by atoms with van der Waals surface area (Å²) in [6.07, 6.45) is 2.61. The van der Waals surface area contributed by atoms with Crippen LogP contribution in [0.3, 0.4) is 0 Å². The molecule has 4 nitrogen and oxygen atoms in total. The maximum Gasteiger partial charge on any atom is 0.157 e. The van der Waals surface area contributed by atoms with Crippen LogP contribution in [-0.2, 0) is 6.54 Å². The van der Waals surface area contributed by atoms with Gasteiger partial charge in [0.1, 0.15) is 0 Å². The molecular weight excluding hydrogens is 228 g/mol. The first-order valence-electron chi connectivity index (χ1n) is 6.69. The van der Waals surface area contributed by atoms with E-state index >= 15 is 0 Å². The molecule has 0 radical (unpaired) electrons. The zero-order chi connectivity index (χ0) is 12.5. The third-order valence-corrected chi connectivity index (χ3v) is 4.26. The van der Waals surface area contributed by atoms with Gasteiger partial charge in [0.05, 0.1) is 0 Å². The van der Waals surface area contributed by atoms with Gasteiger partial charge in [-0.15, -0.1) is 0 Å². The van der Waals surface area contributed by atoms with E-state index in [0.29, 0.717) is 6.04 Å². The zero-order valence-electron chi connectivity index (χ0n) is 10.5. The fraction of sp³-hybridized carbons (Fsp3) is 0.571. The number of aromatic hydroxyl groups is 2. The lowest BCUT2D eigenvalue weighted by molar-refractivity contribution is 0.0720. The fourth-order valence-corrected chi connectivity index (χ4v) is 3.12. The summed E-state index contributed by atoms with van der Waals surface area (Å²) >= 11 is 0. The smallest absolute Gasteiger partial charge is 0.157 e. The maximum absolute atomic E-state index is 9.46. The molecule has 1 aromatic rings. The molecule has 0 aliphatic carbocycles. The van der Waals surface area contributed by atoms with Crippen molar-refractivity contribution in [2.45, 2.75) is 25.4 Å². The van der Waals surface area contributed by atoms with Crippen molar-refractivity contribution < 1.29 is 10.2 Å². The summed E-state index contributed by atoms with van der Waals surface area (Å²) in [5.41, 5.74) is 1.02. The molecule has 3 saturated heterocycles. The first-order valence-corrected chi connectivity index (χ1v) is 6.69. The average molecular weight is 248 g/mol. The lowest BCUT2D eigenvalue weighted by Gasteiger charge is -2.45. The van der Waals surface area contributed by atoms with Gasteiger partial charge in [-0.1, -0.05) is 6.07 Å². The number of nitrogens with zero attached hydrogens (tertiary/aromatic N) is 1. The van der Waals surface area contributed by atoms with Crippen molar-refractivity contribution in [3.8, 4) is 11.5 Å². The Morgan fingerprint density at radius 2 is 1.94 bits per heavy atom. The van der Waals surface area contributed by atoms with Gasteiger partial charge >= 0.3 is 0 Å². The summed E-state index contributed by atoms with van der Waals surface area (Å²) in [6.45, 7) is 4.41. The van der Waals surface area contributed by atoms with Crippen molar-refractivity contribution in [3.63, 3.8) is 0 Å². The highest BCUT2D eigenvalue weighted by Crippen LogP contribution is 2.28. The number of phenols is 2. The van der Waals surface area contributed by atoms with Crippen LogP contribution in [0.25, 0.3) is 0 Å². The van der Waals surface area contributed by atoms with Crippen molar-refractivity contribution in [2.24, 2.45) is 5.92 Å². The van der Waals surface area contributed by atoms with Crippen LogP contribution in [0.4, 0.5) is 0 Å². The van der Waals surface area contributed by atoms with E-state index in [2.05, 4.69) is 10.2 Å². The van der Waals surface area contributed by atoms with Gasteiger partial charge in [-0.05, 0) is 49.5 Å². The summed E-state index contributed by atoms with van der Waals surface area (Å²) in [5.74, 6) is 0.713. The van der Waals surface area contributed by atoms with Gasteiger partial charge in [-0.2, -0.15) is 0 Å². The molecule has 4 rings (SSSR count). The van der Waals surface area contributed by atoms with Crippen LogP contribution in [0.5, 0.6) is 11.5 Å². The molecule has 3 aliphatic rings. The quantitative estimate of drug-likeness (QED) is 0.705. The van der Waals surface area contributed by atoms with Crippen molar-refractivity contribution >= 4 is 0 Å². The molecule has 3 heterocycles. The van der Waals surface area contributed by atoms with E-state index in [1.165, 1.54) is 25.9 Å². The van der Waals surface area contributed by atoms with E-state index < -0.39 is 0 Å². The maximum atomic E-state index is 9.46. The van der Waals surface area contributed by atoms with E-state index in [0.717, 1.165) is 24.6 Å². The highest BCUT2D eigenvalue weighted by Gasteiger charge is 2.33. The number of hydrogen-bond donors (Lipinski definition) is 3. The Kier molecular flexibility index (Phi) is 3.14. The highest BCUT2D eigenvalue weighted by molar-refractivity contribution is 5.40. The van der Waals surface area contributed by atoms with Crippen molar-refractivity contribution in [1.82, 2.24) is 10.2 Å². The molecule has 98 valence electrons. The van der Waals surface area contributed by atoms with Crippen molar-refractivity contribution in [3.05, 3.63) is 23.8 Å². The van der Waals surface area contributed by atoms with Crippen LogP contribution >= 0.6 is 0 Å². The average Bonchev–Trinajstić information content (AvgIpc) is 2.41. The second-order valence-electron chi connectivity index (χ2n) is 5.45. The third kappa shape index (κ3) is 2.31. The van der Waals surface area contributed by atoms with Crippen LogP contribution < -0.4 is 5.32 Å². The SMILES string of the molecule is Oc1ccc(CNC2CN3CCC2CC3)cc1O. The number of rotatable bonds is 3. The summed E-state index contributed by atoms with van der Waals surface area (Å²) in [4.78, 5) is 2.52. The lowest BCUT2D eigenvalue weighted by Crippen LogP contribution is -2.55. The largest absolute Gasteiger partial charge is 0.504 e. The summed E-state index contributed by atoms with van der Waals surface area (Å²) < 4.78 is 0. The minimum atomic E-state index is -0.0541. The van der Waals surface area contributed by atoms with Gasteiger partial charge in [-0.3, -0.25) is 0 Å². The summed E-state index contributed by atoms with van der Waals surface area (Å²) in [6, 6.07) is 5.60. The summed E-state index contributed by atoms with van der Waals surface area (Å²) in [7, 11) is 0. The number of benzene rings is 1. The number of fused-ring (bicyclic) bond motifs is 3. The molecule has 3 fully saturated rings. The van der Waals surface area contributed by atoms with E-state index in [4.69, 9.17) is 0 Å². The third-order valence-electron chi connectivity index (χ3n) is 4.26. The van der Waals surface area contributed by atoms with Crippen LogP contribution in [0.15, 0.2) is 18.2 Å². The molecule has 0 aromatic heterocycles. The van der Waals surface area contributed by atoms with Gasteiger partial charge in [0.15, 0.2) is 11.5 Å². The Bertz CT molecular complexity index is 428. The summed E-state index contributed by atoms with van der Waals surface area (Å²) in [5, 5.41) is 22.3. The van der Waals surface area contributed by atoms with Crippen molar-refractivity contribution in [1.29, 1.82) is 0 Å². The molecule has 0 spiro atoms. The van der Waals surface area contributed by atoms with Gasteiger partial charge in [0.2, 0.25) is 0 Å². The Morgan fingerprint density at radius 1 is 1.17 bits per heavy atom. The number of nitrogens with one attached hydrogen (secondary N) is 1. The van der Waals surface area contributed by atoms with Gasteiger partial charge in [-0.25, -0.2) is 0 Å². The minimum Gasteiger partial charge on any atom is -0.504 e. The Hall–Kier alpha value is -1.26. The molecule has 2 bridgehead atoms. The van der Waals surface area contributed by atoms with Gasteiger partial charge < -0.3 is 20.4 Å². The van der Waals surface area contributed by atoms with Crippen LogP contribution in [0, 0.1) is 5.92 Å². The molecule has 3 N–H and O–H groups in total. The number of hydrogen-bond acceptors (Lipinski definition) is 4. The highest BCUT2D eigenvalue weighted by atomic mass is 16.3. The van der Waals surface area contributed by atoms with Crippen LogP contribution in [-0.4, -0.2) is 40.8 Å². The lowest BCUT2D eigenvalue weighted by atomic mass is 9.84. The molecule has 3 aliphatic heterocycles. The Labute approximate surface area is 107 Å². The molecule has 1 unspecified atom stereocenters. The topological polar surface area (TPSA) is 55.7 Å². The first kappa shape index (κ1) is 11.8. The molecule has 18 heavy (non-hydrogen) atoms. The number of piperidine rings is 3. The normalized spacial score (nSPS) is 30.6. The Morgan fingerprint density at radius 3 is 2.56 bits per heavy atom. The van der Waals surface area contributed by atoms with Crippen LogP contribution in [0.2, 0.25) is 0 Å². The predicted molar refractivity (Wildman–Crippen MR) is 69.6 cm³/mol. The molecule has 0 amide bonds. The van der Waals surface area contributed by atoms with E-state index in [1.54, 1.807) is 12.1 Å². The standard InChI is InChI=1S/C14H20N2O2/c17-13-2-1-10(7-14(13)18)8-15-12-9-16-5-3-11(12)4-6-16/h1-2,7,11-12,15,17-18H,3-6,8-9H2. The molecule has 1 aromatic carbocycles. The molecular formula is C14H20N2O2. The second-order valence-corrected chi connectivity index (χ2v) is 5.45. The number of phenolic OH excluding ortho intramolecular Hbond substituents is 2. The second kappa shape index (κ2) is 4.78. The Balaban J connectivity index is 1.59. The monoisotopic (exact) mass is 248 g/mol. The fourth-order valence-electron chi connectivity index (χ4n) is 3.12. The van der Waals surface area contributed by atoms with E-state index in [9.17, 15) is 10.2 Å². The molecule has 0 saturated carbocycles. The van der Waals surface area contributed by atoms with E-state index in [1.807, 2.05) is 6.07 Å². The molecule has 1 atom stereocenters.